The molecule has 2 saturated heterocycles. The predicted octanol–water partition coefficient (Wildman–Crippen LogP) is 3.47. The molecule has 480 valence electrons. The molecule has 28 nitrogen and oxygen atoms in total. The van der Waals surface area contributed by atoms with Crippen LogP contribution in [0.1, 0.15) is 131 Å². The number of rotatable bonds is 17. The van der Waals surface area contributed by atoms with Crippen LogP contribution < -0.4 is 26.6 Å². The van der Waals surface area contributed by atoms with E-state index >= 15 is 0 Å². The molecule has 84 heavy (non-hydrogen) atoms. The molecule has 7 amide bonds. The van der Waals surface area contributed by atoms with E-state index in [0.29, 0.717) is 0 Å². The van der Waals surface area contributed by atoms with Gasteiger partial charge < -0.3 is 104 Å². The third-order valence-electron chi connectivity index (χ3n) is 13.1. The molecular formula is C56H96N8O20. The molecule has 1 unspecified atom stereocenters. The molecule has 28 heteroatoms. The normalized spacial score (nSPS) is 27.2. The van der Waals surface area contributed by atoms with Crippen molar-refractivity contribution in [3.8, 4) is 0 Å². The molecule has 0 spiro atoms. The number of hydrogen-bond donors (Lipinski definition) is 9. The summed E-state index contributed by atoms with van der Waals surface area (Å²) in [5.41, 5.74) is -6.44. The standard InChI is InChI=1S/C56H96N8O20/c1-30(2)77-46(70)60-33-21-20-32(25-57-22-23-64(50(74)84-55(15,16)17)31-27-63(28-31)49(73)83-54(12,13)14)78-40(33)37-34(61-47(71)81-52(6,7)8)24-35(59-43(68)36(65)26-58-45(69)80-51(3,4)5)41(38(37)66)79-44-39(67)42(56(18,75)29-76-44)62(19)48(72)82-53(9,10)11/h20,31,33-42,44,57,65-67,75H,1,21-29H2,2-19H3,(H,58,69)(H,59,68)(H,60,70)(H,61,71)/t33-,34+,35-,36+,37?,38+,39-,40+,41+,42-,44-,56+/m1/s1. The maximum Gasteiger partial charge on any atom is 0.412 e. The summed E-state index contributed by atoms with van der Waals surface area (Å²) >= 11 is 0. The van der Waals surface area contributed by atoms with Gasteiger partial charge in [-0.15, -0.1) is 0 Å². The second-order valence-corrected chi connectivity index (χ2v) is 27.0. The number of aliphatic hydroxyl groups excluding tert-OH is 3. The number of alkyl carbamates (subject to hydrolysis) is 3. The molecule has 0 aromatic heterocycles. The number of amides is 7. The van der Waals surface area contributed by atoms with Gasteiger partial charge in [0.15, 0.2) is 6.29 Å². The van der Waals surface area contributed by atoms with E-state index in [1.165, 1.54) is 30.7 Å². The Bertz CT molecular complexity index is 2350. The van der Waals surface area contributed by atoms with E-state index in [-0.39, 0.29) is 57.1 Å². The zero-order valence-electron chi connectivity index (χ0n) is 52.2. The maximum absolute atomic E-state index is 14.0. The lowest BCUT2D eigenvalue weighted by atomic mass is 9.72. The van der Waals surface area contributed by atoms with Crippen molar-refractivity contribution in [2.45, 2.75) is 231 Å². The zero-order chi connectivity index (χ0) is 63.8. The molecule has 0 aromatic rings. The van der Waals surface area contributed by atoms with Gasteiger partial charge in [0.05, 0.1) is 55.7 Å². The van der Waals surface area contributed by atoms with Crippen molar-refractivity contribution in [1.29, 1.82) is 0 Å². The van der Waals surface area contributed by atoms with Gasteiger partial charge in [-0.05, 0) is 137 Å². The highest BCUT2D eigenvalue weighted by molar-refractivity contribution is 5.82. The first-order chi connectivity index (χ1) is 38.3. The van der Waals surface area contributed by atoms with Gasteiger partial charge in [-0.25, -0.2) is 28.8 Å². The molecule has 1 aliphatic carbocycles. The fraction of sp³-hybridized carbons (Fsp3) is 0.804. The van der Waals surface area contributed by atoms with Crippen LogP contribution in [-0.2, 0) is 47.4 Å². The molecule has 12 atom stereocenters. The molecule has 9 N–H and O–H groups in total. The zero-order valence-corrected chi connectivity index (χ0v) is 52.2. The predicted molar refractivity (Wildman–Crippen MR) is 302 cm³/mol. The Morgan fingerprint density at radius 3 is 1.87 bits per heavy atom. The van der Waals surface area contributed by atoms with Crippen LogP contribution in [0.4, 0.5) is 28.8 Å². The van der Waals surface area contributed by atoms with Gasteiger partial charge in [-0.3, -0.25) is 4.79 Å². The lowest BCUT2D eigenvalue weighted by Crippen LogP contribution is -2.71. The maximum atomic E-state index is 14.0. The van der Waals surface area contributed by atoms with Crippen molar-refractivity contribution in [3.05, 3.63) is 24.2 Å². The summed E-state index contributed by atoms with van der Waals surface area (Å²) in [6.07, 6.45) is -14.0. The Morgan fingerprint density at radius 1 is 0.762 bits per heavy atom. The molecule has 4 aliphatic rings. The Balaban J connectivity index is 1.76. The minimum atomic E-state index is -1.93. The van der Waals surface area contributed by atoms with Crippen molar-refractivity contribution < 1.29 is 96.6 Å². The lowest BCUT2D eigenvalue weighted by Gasteiger charge is -2.52. The van der Waals surface area contributed by atoms with E-state index in [1.807, 2.05) is 0 Å². The molecule has 1 saturated carbocycles. The van der Waals surface area contributed by atoms with Crippen LogP contribution in [-0.4, -0.2) is 231 Å². The third-order valence-corrected chi connectivity index (χ3v) is 13.1. The van der Waals surface area contributed by atoms with Crippen LogP contribution in [0.3, 0.4) is 0 Å². The third kappa shape index (κ3) is 21.9. The SMILES string of the molecule is C=C(C)OC(=O)N[C@@H]1CC=C(CNCCN(C(=O)OC(C)(C)C)C2CN(C(=O)OC(C)(C)C)C2)O[C@@H]1C1[C@@H](NC(=O)OC(C)(C)C)C[C@@H](NC(=O)[C@@H](O)CNC(=O)OC(C)(C)C)[C@H](O[C@H]2OC[C@](C)(O)[C@H](N(C)C(=O)OC(C)(C)C)[C@H]2O)[C@H]1O. The van der Waals surface area contributed by atoms with Gasteiger partial charge in [-0.2, -0.15) is 0 Å². The van der Waals surface area contributed by atoms with E-state index in [1.54, 1.807) is 110 Å². The van der Waals surface area contributed by atoms with Crippen molar-refractivity contribution >= 4 is 42.5 Å². The number of carbonyl (C=O) groups excluding carboxylic acids is 7. The molecule has 3 aliphatic heterocycles. The number of likely N-dealkylation sites (N-methyl/N-ethyl adjacent to an activating group) is 1. The number of hydrogen-bond acceptors (Lipinski definition) is 21. The number of aliphatic hydroxyl groups is 4. The lowest BCUT2D eigenvalue weighted by molar-refractivity contribution is -0.305. The Labute approximate surface area is 493 Å². The van der Waals surface area contributed by atoms with Crippen LogP contribution in [0.5, 0.6) is 0 Å². The van der Waals surface area contributed by atoms with Gasteiger partial charge >= 0.3 is 36.6 Å². The summed E-state index contributed by atoms with van der Waals surface area (Å²) in [7, 11) is 1.30. The molecule has 3 fully saturated rings. The summed E-state index contributed by atoms with van der Waals surface area (Å²) in [5, 5.41) is 61.8. The van der Waals surface area contributed by atoms with Gasteiger partial charge in [0, 0.05) is 45.2 Å². The van der Waals surface area contributed by atoms with Crippen LogP contribution in [0.25, 0.3) is 0 Å². The average molecular weight is 1200 g/mol. The molecule has 4 rings (SSSR count). The fourth-order valence-corrected chi connectivity index (χ4v) is 9.72. The summed E-state index contributed by atoms with van der Waals surface area (Å²) in [6, 6.07) is -5.60. The van der Waals surface area contributed by atoms with E-state index < -0.39 is 162 Å². The second kappa shape index (κ2) is 28.1. The molecular weight excluding hydrogens is 1100 g/mol. The quantitative estimate of drug-likeness (QED) is 0.0572. The largest absolute Gasteiger partial charge is 0.491 e. The minimum Gasteiger partial charge on any atom is -0.491 e. The van der Waals surface area contributed by atoms with E-state index in [4.69, 9.17) is 42.6 Å². The smallest absolute Gasteiger partial charge is 0.412 e. The van der Waals surface area contributed by atoms with Crippen molar-refractivity contribution in [2.75, 3.05) is 52.9 Å². The number of ether oxygens (including phenoxy) is 9. The molecule has 0 aromatic carbocycles. The first kappa shape index (κ1) is 70.6. The Kier molecular flexibility index (Phi) is 23.6. The fourth-order valence-electron chi connectivity index (χ4n) is 9.72. The van der Waals surface area contributed by atoms with E-state index in [9.17, 15) is 54.0 Å². The van der Waals surface area contributed by atoms with Crippen molar-refractivity contribution in [2.24, 2.45) is 5.92 Å². The topological polar surface area (TPSA) is 353 Å². The highest BCUT2D eigenvalue weighted by Crippen LogP contribution is 2.39. The number of nitrogens with one attached hydrogen (secondary N) is 5. The summed E-state index contributed by atoms with van der Waals surface area (Å²) < 4.78 is 52.2. The van der Waals surface area contributed by atoms with Crippen LogP contribution in [0, 0.1) is 5.92 Å². The monoisotopic (exact) mass is 1200 g/mol. The number of allylic oxidation sites excluding steroid dienone is 1. The van der Waals surface area contributed by atoms with Crippen LogP contribution >= 0.6 is 0 Å². The molecule has 3 heterocycles. The first-order valence-electron chi connectivity index (χ1n) is 28.3. The molecule has 0 bridgehead atoms. The van der Waals surface area contributed by atoms with Crippen molar-refractivity contribution in [1.82, 2.24) is 41.3 Å². The molecule has 0 radical (unpaired) electrons. The number of nitrogens with zero attached hydrogens (tertiary/aromatic N) is 3. The number of carbonyl (C=O) groups is 7. The van der Waals surface area contributed by atoms with Gasteiger partial charge in [-0.1, -0.05) is 6.58 Å². The summed E-state index contributed by atoms with van der Waals surface area (Å²) in [6.45, 7) is 31.1. The highest BCUT2D eigenvalue weighted by Gasteiger charge is 2.57. The second-order valence-electron chi connectivity index (χ2n) is 27.0. The first-order valence-corrected chi connectivity index (χ1v) is 28.3. The Morgan fingerprint density at radius 2 is 1.31 bits per heavy atom. The Hall–Kier alpha value is -5.91. The highest BCUT2D eigenvalue weighted by atomic mass is 16.7. The van der Waals surface area contributed by atoms with Crippen LogP contribution in [0.2, 0.25) is 0 Å². The van der Waals surface area contributed by atoms with E-state index in [2.05, 4.69) is 33.2 Å². The summed E-state index contributed by atoms with van der Waals surface area (Å²) in [4.78, 5) is 97.8. The van der Waals surface area contributed by atoms with Gasteiger partial charge in [0.1, 0.15) is 63.8 Å². The number of likely N-dealkylation sites (tertiary alicyclic amines) is 1. The average Bonchev–Trinajstić information content (AvgIpc) is 1.68. The van der Waals surface area contributed by atoms with Gasteiger partial charge in [0.2, 0.25) is 0 Å². The van der Waals surface area contributed by atoms with Gasteiger partial charge in [0.25, 0.3) is 5.91 Å². The minimum absolute atomic E-state index is 0.00564. The van der Waals surface area contributed by atoms with E-state index in [0.717, 1.165) is 4.90 Å². The van der Waals surface area contributed by atoms with Crippen LogP contribution in [0.15, 0.2) is 24.2 Å². The summed E-state index contributed by atoms with van der Waals surface area (Å²) in [5.74, 6) is -2.11. The van der Waals surface area contributed by atoms with Crippen molar-refractivity contribution in [3.63, 3.8) is 0 Å².